The van der Waals surface area contributed by atoms with Crippen molar-refractivity contribution in [2.75, 3.05) is 4.90 Å². The van der Waals surface area contributed by atoms with Crippen LogP contribution >= 0.6 is 15.9 Å². The lowest BCUT2D eigenvalue weighted by Gasteiger charge is -2.18. The van der Waals surface area contributed by atoms with E-state index in [0.29, 0.717) is 33.9 Å². The van der Waals surface area contributed by atoms with Gasteiger partial charge in [0.15, 0.2) is 5.75 Å². The molecule has 0 bridgehead atoms. The van der Waals surface area contributed by atoms with Crippen LogP contribution in [0.3, 0.4) is 0 Å². The molecule has 1 aliphatic rings. The average Bonchev–Trinajstić information content (AvgIpc) is 2.93. The van der Waals surface area contributed by atoms with Crippen LogP contribution in [0.25, 0.3) is 0 Å². The fraction of sp³-hybridized carbons (Fsp3) is 0. The summed E-state index contributed by atoms with van der Waals surface area (Å²) in [6, 6.07) is 20.5. The van der Waals surface area contributed by atoms with Crippen molar-refractivity contribution in [3.63, 3.8) is 0 Å². The standard InChI is InChI=1S/C21H11BrN2O3/c22-14-7-10-16-17(11-14)21(26)24(20(16)25)18-3-1-2-4-19(18)27-15-8-5-13(12-23)6-9-15/h1-11H. The number of para-hydroxylation sites is 2. The van der Waals surface area contributed by atoms with Gasteiger partial charge in [0, 0.05) is 4.47 Å². The molecular formula is C21H11BrN2O3. The molecule has 3 aromatic carbocycles. The van der Waals surface area contributed by atoms with E-state index in [0.717, 1.165) is 9.37 Å². The third-order valence-electron chi connectivity index (χ3n) is 4.17. The first-order valence-electron chi connectivity index (χ1n) is 8.04. The molecule has 2 amide bonds. The van der Waals surface area contributed by atoms with Gasteiger partial charge in [0.2, 0.25) is 0 Å². The zero-order chi connectivity index (χ0) is 19.0. The Bertz CT molecular complexity index is 1120. The minimum Gasteiger partial charge on any atom is -0.455 e. The first kappa shape index (κ1) is 17.0. The molecule has 1 heterocycles. The molecule has 3 aromatic rings. The third kappa shape index (κ3) is 2.98. The Balaban J connectivity index is 1.72. The highest BCUT2D eigenvalue weighted by molar-refractivity contribution is 9.10. The van der Waals surface area contributed by atoms with Gasteiger partial charge in [-0.15, -0.1) is 0 Å². The maximum atomic E-state index is 12.8. The van der Waals surface area contributed by atoms with Gasteiger partial charge < -0.3 is 4.74 Å². The molecule has 27 heavy (non-hydrogen) atoms. The zero-order valence-corrected chi connectivity index (χ0v) is 15.4. The van der Waals surface area contributed by atoms with Gasteiger partial charge in [0.1, 0.15) is 5.75 Å². The van der Waals surface area contributed by atoms with Gasteiger partial charge in [-0.1, -0.05) is 28.1 Å². The number of benzene rings is 3. The van der Waals surface area contributed by atoms with Crippen LogP contribution in [0.5, 0.6) is 11.5 Å². The summed E-state index contributed by atoms with van der Waals surface area (Å²) in [5.41, 5.74) is 1.59. The number of amides is 2. The van der Waals surface area contributed by atoms with Crippen LogP contribution in [0.15, 0.2) is 71.2 Å². The summed E-state index contributed by atoms with van der Waals surface area (Å²) in [5.74, 6) is 0.0853. The second-order valence-electron chi connectivity index (χ2n) is 5.84. The van der Waals surface area contributed by atoms with Crippen LogP contribution in [0.2, 0.25) is 0 Å². The minimum absolute atomic E-state index is 0.350. The van der Waals surface area contributed by atoms with Crippen molar-refractivity contribution in [3.05, 3.63) is 87.9 Å². The van der Waals surface area contributed by atoms with Crippen LogP contribution in [0.4, 0.5) is 5.69 Å². The third-order valence-corrected chi connectivity index (χ3v) is 4.66. The fourth-order valence-corrected chi connectivity index (χ4v) is 3.25. The number of imide groups is 1. The van der Waals surface area contributed by atoms with Gasteiger partial charge in [0.05, 0.1) is 28.4 Å². The van der Waals surface area contributed by atoms with E-state index < -0.39 is 11.8 Å². The molecule has 0 aromatic heterocycles. The van der Waals surface area contributed by atoms with Crippen molar-refractivity contribution in [2.45, 2.75) is 0 Å². The highest BCUT2D eigenvalue weighted by Gasteiger charge is 2.38. The lowest BCUT2D eigenvalue weighted by atomic mass is 10.1. The molecule has 0 radical (unpaired) electrons. The molecule has 130 valence electrons. The molecule has 0 atom stereocenters. The second kappa shape index (κ2) is 6.71. The Morgan fingerprint density at radius 1 is 0.889 bits per heavy atom. The summed E-state index contributed by atoms with van der Waals surface area (Å²) in [5, 5.41) is 8.89. The van der Waals surface area contributed by atoms with E-state index in [-0.39, 0.29) is 0 Å². The largest absolute Gasteiger partial charge is 0.455 e. The predicted molar refractivity (Wildman–Crippen MR) is 103 cm³/mol. The van der Waals surface area contributed by atoms with E-state index in [2.05, 4.69) is 15.9 Å². The number of carbonyl (C=O) groups excluding carboxylic acids is 2. The first-order chi connectivity index (χ1) is 13.1. The number of nitriles is 1. The van der Waals surface area contributed by atoms with Crippen LogP contribution in [-0.4, -0.2) is 11.8 Å². The van der Waals surface area contributed by atoms with Crippen molar-refractivity contribution in [1.29, 1.82) is 5.26 Å². The highest BCUT2D eigenvalue weighted by atomic mass is 79.9. The number of ether oxygens (including phenoxy) is 1. The van der Waals surface area contributed by atoms with E-state index >= 15 is 0 Å². The van der Waals surface area contributed by atoms with Crippen molar-refractivity contribution in [3.8, 4) is 17.6 Å². The van der Waals surface area contributed by atoms with Crippen molar-refractivity contribution in [2.24, 2.45) is 0 Å². The van der Waals surface area contributed by atoms with Crippen molar-refractivity contribution >= 4 is 33.4 Å². The van der Waals surface area contributed by atoms with Gasteiger partial charge in [-0.2, -0.15) is 5.26 Å². The Morgan fingerprint density at radius 3 is 2.33 bits per heavy atom. The fourth-order valence-electron chi connectivity index (χ4n) is 2.88. The van der Waals surface area contributed by atoms with Crippen LogP contribution in [0, 0.1) is 11.3 Å². The predicted octanol–water partition coefficient (Wildman–Crippen LogP) is 4.91. The first-order valence-corrected chi connectivity index (χ1v) is 8.83. The zero-order valence-electron chi connectivity index (χ0n) is 13.8. The van der Waals surface area contributed by atoms with Gasteiger partial charge in [0.25, 0.3) is 11.8 Å². The molecular weight excluding hydrogens is 408 g/mol. The Kier molecular flexibility index (Phi) is 4.22. The van der Waals surface area contributed by atoms with E-state index in [1.54, 1.807) is 66.7 Å². The summed E-state index contributed by atoms with van der Waals surface area (Å²) in [6.07, 6.45) is 0. The molecule has 0 unspecified atom stereocenters. The number of anilines is 1. The molecule has 0 saturated heterocycles. The number of nitrogens with zero attached hydrogens (tertiary/aromatic N) is 2. The Morgan fingerprint density at radius 2 is 1.59 bits per heavy atom. The number of halogens is 1. The Labute approximate surface area is 163 Å². The average molecular weight is 419 g/mol. The number of hydrogen-bond acceptors (Lipinski definition) is 4. The lowest BCUT2D eigenvalue weighted by Crippen LogP contribution is -2.29. The molecule has 4 rings (SSSR count). The summed E-state index contributed by atoms with van der Waals surface area (Å²) in [7, 11) is 0. The Hall–Kier alpha value is -3.43. The number of hydrogen-bond donors (Lipinski definition) is 0. The molecule has 0 fully saturated rings. The van der Waals surface area contributed by atoms with E-state index in [9.17, 15) is 9.59 Å². The maximum absolute atomic E-state index is 12.8. The molecule has 5 nitrogen and oxygen atoms in total. The quantitative estimate of drug-likeness (QED) is 0.566. The minimum atomic E-state index is -0.396. The number of rotatable bonds is 3. The van der Waals surface area contributed by atoms with E-state index in [1.165, 1.54) is 0 Å². The maximum Gasteiger partial charge on any atom is 0.266 e. The molecule has 0 N–H and O–H groups in total. The van der Waals surface area contributed by atoms with Gasteiger partial charge in [-0.05, 0) is 54.6 Å². The highest BCUT2D eigenvalue weighted by Crippen LogP contribution is 2.37. The van der Waals surface area contributed by atoms with Crippen LogP contribution < -0.4 is 9.64 Å². The topological polar surface area (TPSA) is 70.4 Å². The number of fused-ring (bicyclic) bond motifs is 1. The smallest absolute Gasteiger partial charge is 0.266 e. The van der Waals surface area contributed by atoms with Crippen molar-refractivity contribution < 1.29 is 14.3 Å². The lowest BCUT2D eigenvalue weighted by molar-refractivity contribution is 0.0925. The monoisotopic (exact) mass is 418 g/mol. The molecule has 1 aliphatic heterocycles. The van der Waals surface area contributed by atoms with Gasteiger partial charge >= 0.3 is 0 Å². The summed E-state index contributed by atoms with van der Waals surface area (Å²) < 4.78 is 6.60. The van der Waals surface area contributed by atoms with Crippen LogP contribution in [-0.2, 0) is 0 Å². The van der Waals surface area contributed by atoms with Crippen molar-refractivity contribution in [1.82, 2.24) is 0 Å². The van der Waals surface area contributed by atoms with Gasteiger partial charge in [-0.3, -0.25) is 9.59 Å². The molecule has 0 aliphatic carbocycles. The second-order valence-corrected chi connectivity index (χ2v) is 6.76. The molecule has 0 saturated carbocycles. The molecule has 6 heteroatoms. The summed E-state index contributed by atoms with van der Waals surface area (Å²) in [6.45, 7) is 0. The van der Waals surface area contributed by atoms with Crippen LogP contribution in [0.1, 0.15) is 26.3 Å². The van der Waals surface area contributed by atoms with E-state index in [1.807, 2.05) is 6.07 Å². The summed E-state index contributed by atoms with van der Waals surface area (Å²) >= 11 is 3.33. The molecule has 0 spiro atoms. The normalized spacial score (nSPS) is 12.7. The summed E-state index contributed by atoms with van der Waals surface area (Å²) in [4.78, 5) is 26.8. The van der Waals surface area contributed by atoms with Gasteiger partial charge in [-0.25, -0.2) is 4.90 Å². The SMILES string of the molecule is N#Cc1ccc(Oc2ccccc2N2C(=O)c3ccc(Br)cc3C2=O)cc1. The number of carbonyl (C=O) groups is 2. The van der Waals surface area contributed by atoms with E-state index in [4.69, 9.17) is 10.00 Å².